The largest absolute Gasteiger partial charge is 0.361 e. The molecular weight excluding hydrogens is 248 g/mol. The first-order valence-electron chi connectivity index (χ1n) is 5.85. The molecule has 0 fully saturated rings. The minimum Gasteiger partial charge on any atom is -0.361 e. The molecule has 2 aromatic rings. The summed E-state index contributed by atoms with van der Waals surface area (Å²) in [5.74, 6) is 0.761. The third kappa shape index (κ3) is 2.79. The Hall–Kier alpha value is -1.62. The van der Waals surface area contributed by atoms with Gasteiger partial charge in [-0.1, -0.05) is 25.1 Å². The van der Waals surface area contributed by atoms with Crippen LogP contribution in [0.1, 0.15) is 41.0 Å². The zero-order valence-corrected chi connectivity index (χ0v) is 11.5. The van der Waals surface area contributed by atoms with Gasteiger partial charge in [-0.3, -0.25) is 4.79 Å². The number of thiophene rings is 1. The van der Waals surface area contributed by atoms with Crippen molar-refractivity contribution in [2.24, 2.45) is 5.92 Å². The average Bonchev–Trinajstić information content (AvgIpc) is 2.95. The van der Waals surface area contributed by atoms with Crippen LogP contribution in [0.15, 0.2) is 28.1 Å². The van der Waals surface area contributed by atoms with Crippen molar-refractivity contribution >= 4 is 17.2 Å². The van der Waals surface area contributed by atoms with E-state index in [1.54, 1.807) is 24.3 Å². The van der Waals surface area contributed by atoms with E-state index in [1.807, 2.05) is 17.5 Å². The molecule has 0 saturated carbocycles. The number of hydrogen-bond donors (Lipinski definition) is 1. The first-order chi connectivity index (χ1) is 8.58. The monoisotopic (exact) mass is 264 g/mol. The predicted molar refractivity (Wildman–Crippen MR) is 70.6 cm³/mol. The third-order valence-corrected chi connectivity index (χ3v) is 3.62. The van der Waals surface area contributed by atoms with E-state index < -0.39 is 0 Å². The summed E-state index contributed by atoms with van der Waals surface area (Å²) in [6, 6.07) is 5.67. The highest BCUT2D eigenvalue weighted by Crippen LogP contribution is 2.26. The van der Waals surface area contributed by atoms with Gasteiger partial charge in [0.2, 0.25) is 0 Å². The molecular formula is C13H16N2O2S. The van der Waals surface area contributed by atoms with Crippen molar-refractivity contribution in [2.75, 3.05) is 0 Å². The molecule has 0 bridgehead atoms. The van der Waals surface area contributed by atoms with E-state index in [0.717, 1.165) is 4.88 Å². The molecule has 0 saturated heterocycles. The Morgan fingerprint density at radius 1 is 1.50 bits per heavy atom. The van der Waals surface area contributed by atoms with E-state index in [2.05, 4.69) is 24.3 Å². The number of carbonyl (C=O) groups is 1. The van der Waals surface area contributed by atoms with Crippen molar-refractivity contribution in [2.45, 2.75) is 26.8 Å². The second-order valence-electron chi connectivity index (χ2n) is 4.53. The molecule has 0 aliphatic carbocycles. The lowest BCUT2D eigenvalue weighted by molar-refractivity contribution is 0.0917. The summed E-state index contributed by atoms with van der Waals surface area (Å²) < 4.78 is 4.91. The summed E-state index contributed by atoms with van der Waals surface area (Å²) >= 11 is 1.64. The first-order valence-corrected chi connectivity index (χ1v) is 6.73. The molecule has 1 amide bonds. The molecule has 18 heavy (non-hydrogen) atoms. The van der Waals surface area contributed by atoms with Gasteiger partial charge in [-0.25, -0.2) is 0 Å². The van der Waals surface area contributed by atoms with Gasteiger partial charge in [0.15, 0.2) is 5.69 Å². The van der Waals surface area contributed by atoms with E-state index in [4.69, 9.17) is 4.52 Å². The molecule has 1 N–H and O–H groups in total. The maximum Gasteiger partial charge on any atom is 0.273 e. The fraction of sp³-hybridized carbons (Fsp3) is 0.385. The molecule has 2 rings (SSSR count). The van der Waals surface area contributed by atoms with Crippen molar-refractivity contribution in [1.29, 1.82) is 0 Å². The number of rotatable bonds is 4. The van der Waals surface area contributed by atoms with Gasteiger partial charge in [0.05, 0.1) is 6.04 Å². The normalized spacial score (nSPS) is 12.7. The van der Waals surface area contributed by atoms with Gasteiger partial charge in [-0.15, -0.1) is 11.3 Å². The molecule has 1 unspecified atom stereocenters. The lowest BCUT2D eigenvalue weighted by atomic mass is 10.0. The molecule has 0 aromatic carbocycles. The topological polar surface area (TPSA) is 55.1 Å². The van der Waals surface area contributed by atoms with Crippen LogP contribution in [0, 0.1) is 12.8 Å². The summed E-state index contributed by atoms with van der Waals surface area (Å²) in [6.45, 7) is 5.93. The highest BCUT2D eigenvalue weighted by molar-refractivity contribution is 7.10. The number of nitrogens with zero attached hydrogens (tertiary/aromatic N) is 1. The number of carbonyl (C=O) groups excluding carboxylic acids is 1. The Bertz CT molecular complexity index is 517. The maximum absolute atomic E-state index is 12.0. The van der Waals surface area contributed by atoms with Crippen LogP contribution in [0.3, 0.4) is 0 Å². The summed E-state index contributed by atoms with van der Waals surface area (Å²) in [5, 5.41) is 8.73. The Morgan fingerprint density at radius 3 is 2.78 bits per heavy atom. The predicted octanol–water partition coefficient (Wildman–Crippen LogP) is 3.17. The SMILES string of the molecule is Cc1cc(C(=O)NC(c2cccs2)C(C)C)no1. The molecule has 1 atom stereocenters. The van der Waals surface area contributed by atoms with Crippen molar-refractivity contribution in [3.63, 3.8) is 0 Å². The van der Waals surface area contributed by atoms with E-state index in [-0.39, 0.29) is 11.9 Å². The molecule has 5 heteroatoms. The third-order valence-electron chi connectivity index (χ3n) is 2.66. The lowest BCUT2D eigenvalue weighted by Gasteiger charge is -2.20. The zero-order chi connectivity index (χ0) is 13.1. The zero-order valence-electron chi connectivity index (χ0n) is 10.6. The average molecular weight is 264 g/mol. The molecule has 2 aromatic heterocycles. The molecule has 4 nitrogen and oxygen atoms in total. The number of nitrogens with one attached hydrogen (secondary N) is 1. The quantitative estimate of drug-likeness (QED) is 0.922. The van der Waals surface area contributed by atoms with Crippen LogP contribution in [0.2, 0.25) is 0 Å². The number of hydrogen-bond acceptors (Lipinski definition) is 4. The Kier molecular flexibility index (Phi) is 3.81. The van der Waals surface area contributed by atoms with Gasteiger partial charge in [-0.2, -0.15) is 0 Å². The molecule has 2 heterocycles. The molecule has 0 spiro atoms. The number of aromatic nitrogens is 1. The highest BCUT2D eigenvalue weighted by atomic mass is 32.1. The van der Waals surface area contributed by atoms with E-state index in [0.29, 0.717) is 17.4 Å². The lowest BCUT2D eigenvalue weighted by Crippen LogP contribution is -2.31. The Morgan fingerprint density at radius 2 is 2.28 bits per heavy atom. The van der Waals surface area contributed by atoms with Gasteiger partial charge < -0.3 is 9.84 Å². The van der Waals surface area contributed by atoms with Crippen LogP contribution in [0.4, 0.5) is 0 Å². The van der Waals surface area contributed by atoms with Gasteiger partial charge >= 0.3 is 0 Å². The summed E-state index contributed by atoms with van der Waals surface area (Å²) in [7, 11) is 0. The Balaban J connectivity index is 2.13. The second-order valence-corrected chi connectivity index (χ2v) is 5.51. The minimum atomic E-state index is -0.195. The number of aryl methyl sites for hydroxylation is 1. The van der Waals surface area contributed by atoms with Crippen LogP contribution in [0.25, 0.3) is 0 Å². The van der Waals surface area contributed by atoms with E-state index >= 15 is 0 Å². The maximum atomic E-state index is 12.0. The van der Waals surface area contributed by atoms with Crippen LogP contribution in [0.5, 0.6) is 0 Å². The van der Waals surface area contributed by atoms with Gasteiger partial charge in [0.25, 0.3) is 5.91 Å². The molecule has 0 aliphatic heterocycles. The first kappa shape index (κ1) is 12.8. The smallest absolute Gasteiger partial charge is 0.273 e. The molecule has 96 valence electrons. The fourth-order valence-corrected chi connectivity index (χ4v) is 2.67. The summed E-state index contributed by atoms with van der Waals surface area (Å²) in [5.41, 5.74) is 0.328. The number of amides is 1. The van der Waals surface area contributed by atoms with Crippen molar-refractivity contribution in [3.05, 3.63) is 39.9 Å². The van der Waals surface area contributed by atoms with E-state index in [9.17, 15) is 4.79 Å². The van der Waals surface area contributed by atoms with Crippen LogP contribution < -0.4 is 5.32 Å². The van der Waals surface area contributed by atoms with Crippen LogP contribution >= 0.6 is 11.3 Å². The second kappa shape index (κ2) is 5.35. The Labute approximate surface area is 110 Å². The van der Waals surface area contributed by atoms with Crippen LogP contribution in [-0.2, 0) is 0 Å². The fourth-order valence-electron chi connectivity index (χ4n) is 1.72. The summed E-state index contributed by atoms with van der Waals surface area (Å²) in [4.78, 5) is 13.2. The minimum absolute atomic E-state index is 0.00880. The van der Waals surface area contributed by atoms with E-state index in [1.165, 1.54) is 0 Å². The molecule has 0 radical (unpaired) electrons. The van der Waals surface area contributed by atoms with Crippen LogP contribution in [-0.4, -0.2) is 11.1 Å². The van der Waals surface area contributed by atoms with Crippen molar-refractivity contribution < 1.29 is 9.32 Å². The van der Waals surface area contributed by atoms with Gasteiger partial charge in [0, 0.05) is 10.9 Å². The highest BCUT2D eigenvalue weighted by Gasteiger charge is 2.21. The van der Waals surface area contributed by atoms with Crippen molar-refractivity contribution in [3.8, 4) is 0 Å². The van der Waals surface area contributed by atoms with Gasteiger partial charge in [0.1, 0.15) is 5.76 Å². The summed E-state index contributed by atoms with van der Waals surface area (Å²) in [6.07, 6.45) is 0. The molecule has 0 aliphatic rings. The van der Waals surface area contributed by atoms with Gasteiger partial charge in [-0.05, 0) is 24.3 Å². The van der Waals surface area contributed by atoms with Crippen molar-refractivity contribution in [1.82, 2.24) is 10.5 Å². The standard InChI is InChI=1S/C13H16N2O2S/c1-8(2)12(11-5-4-6-18-11)14-13(16)10-7-9(3)17-15-10/h4-8,12H,1-3H3,(H,14,16).